The van der Waals surface area contributed by atoms with Gasteiger partial charge in [-0.2, -0.15) is 26.3 Å². The monoisotopic (exact) mass is 541 g/mol. The highest BCUT2D eigenvalue weighted by atomic mass is 19.4. The number of rotatable bonds is 5. The van der Waals surface area contributed by atoms with Crippen LogP contribution in [0.1, 0.15) is 33.4 Å². The minimum absolute atomic E-state index is 0.0631. The van der Waals surface area contributed by atoms with Gasteiger partial charge < -0.3 is 5.11 Å². The van der Waals surface area contributed by atoms with Crippen LogP contribution in [-0.4, -0.2) is 28.9 Å². The second-order valence-corrected chi connectivity index (χ2v) is 9.67. The Hall–Kier alpha value is -3.62. The maximum atomic E-state index is 13.7. The Morgan fingerprint density at radius 2 is 0.974 bits per heavy atom. The molecular weight excluding hydrogens is 516 g/mol. The van der Waals surface area contributed by atoms with Gasteiger partial charge in [-0.25, -0.2) is 0 Å². The summed E-state index contributed by atoms with van der Waals surface area (Å²) in [5, 5.41) is 10.1. The van der Waals surface area contributed by atoms with E-state index in [9.17, 15) is 31.4 Å². The molecule has 0 fully saturated rings. The summed E-state index contributed by atoms with van der Waals surface area (Å²) in [5.41, 5.74) is -3.44. The lowest BCUT2D eigenvalue weighted by atomic mass is 9.74. The van der Waals surface area contributed by atoms with E-state index in [0.29, 0.717) is 24.1 Å². The topological polar surface area (TPSA) is 23.5 Å². The van der Waals surface area contributed by atoms with Gasteiger partial charge in [-0.15, -0.1) is 0 Å². The van der Waals surface area contributed by atoms with E-state index in [-0.39, 0.29) is 6.54 Å². The SMILES string of the molecule is OC(c1ccc2c(c1)CN(C(c1ccccc1)(c1ccccc1)c1ccccc1)CC2)(C(F)(F)F)C(F)(F)F. The molecule has 1 N–H and O–H groups in total. The average molecular weight is 542 g/mol. The summed E-state index contributed by atoms with van der Waals surface area (Å²) in [6.07, 6.45) is -11.5. The Morgan fingerprint density at radius 1 is 0.538 bits per heavy atom. The zero-order valence-electron chi connectivity index (χ0n) is 20.7. The lowest BCUT2D eigenvalue weighted by Gasteiger charge is -2.48. The van der Waals surface area contributed by atoms with E-state index in [1.165, 1.54) is 6.07 Å². The summed E-state index contributed by atoms with van der Waals surface area (Å²) < 4.78 is 82.0. The largest absolute Gasteiger partial charge is 0.430 e. The van der Waals surface area contributed by atoms with Gasteiger partial charge in [0.1, 0.15) is 0 Å². The van der Waals surface area contributed by atoms with Crippen molar-refractivity contribution in [2.75, 3.05) is 6.54 Å². The number of benzene rings is 4. The molecule has 2 nitrogen and oxygen atoms in total. The van der Waals surface area contributed by atoms with Gasteiger partial charge in [0.25, 0.3) is 5.60 Å². The van der Waals surface area contributed by atoms with Crippen LogP contribution in [0, 0.1) is 0 Å². The highest BCUT2D eigenvalue weighted by Gasteiger charge is 2.71. The fraction of sp³-hybridized carbons (Fsp3) is 0.226. The fourth-order valence-corrected chi connectivity index (χ4v) is 5.64. The molecule has 39 heavy (non-hydrogen) atoms. The maximum Gasteiger partial charge on any atom is 0.430 e. The lowest BCUT2D eigenvalue weighted by Crippen LogP contribution is -2.54. The first-order chi connectivity index (χ1) is 18.5. The summed E-state index contributed by atoms with van der Waals surface area (Å²) in [7, 11) is 0. The number of hydrogen-bond donors (Lipinski definition) is 1. The predicted molar refractivity (Wildman–Crippen MR) is 136 cm³/mol. The molecular formula is C31H25F6NO. The first-order valence-electron chi connectivity index (χ1n) is 12.4. The fourth-order valence-electron chi connectivity index (χ4n) is 5.64. The molecule has 8 heteroatoms. The summed E-state index contributed by atoms with van der Waals surface area (Å²) in [5.74, 6) is 0. The molecule has 202 valence electrons. The van der Waals surface area contributed by atoms with Crippen molar-refractivity contribution in [1.82, 2.24) is 4.90 Å². The zero-order valence-corrected chi connectivity index (χ0v) is 20.7. The van der Waals surface area contributed by atoms with Crippen LogP contribution in [0.15, 0.2) is 109 Å². The molecule has 1 aliphatic rings. The molecule has 4 aromatic carbocycles. The van der Waals surface area contributed by atoms with Crippen molar-refractivity contribution in [3.8, 4) is 0 Å². The van der Waals surface area contributed by atoms with E-state index < -0.39 is 29.1 Å². The van der Waals surface area contributed by atoms with Gasteiger partial charge in [0.15, 0.2) is 0 Å². The van der Waals surface area contributed by atoms with E-state index in [2.05, 4.69) is 4.90 Å². The standard InChI is InChI=1S/C31H25F6NO/c32-30(33,34)29(39,31(35,36)37)27-17-16-22-18-19-38(21-23(22)20-27)28(24-10-4-1-5-11-24,25-12-6-2-7-13-25)26-14-8-3-9-15-26/h1-17,20,39H,18-19,21H2. The molecule has 4 aromatic rings. The lowest BCUT2D eigenvalue weighted by molar-refractivity contribution is -0.376. The quantitative estimate of drug-likeness (QED) is 0.211. The van der Waals surface area contributed by atoms with Crippen molar-refractivity contribution < 1.29 is 31.4 Å². The molecule has 0 unspecified atom stereocenters. The van der Waals surface area contributed by atoms with E-state index in [1.54, 1.807) is 0 Å². The van der Waals surface area contributed by atoms with Crippen LogP contribution in [0.25, 0.3) is 0 Å². The first-order valence-corrected chi connectivity index (χ1v) is 12.4. The Labute approximate surface area is 222 Å². The van der Waals surface area contributed by atoms with Crippen LogP contribution in [0.3, 0.4) is 0 Å². The maximum absolute atomic E-state index is 13.7. The average Bonchev–Trinajstić information content (AvgIpc) is 2.93. The van der Waals surface area contributed by atoms with Gasteiger partial charge in [0, 0.05) is 18.7 Å². The number of halogens is 6. The third-order valence-corrected chi connectivity index (χ3v) is 7.51. The van der Waals surface area contributed by atoms with Crippen LogP contribution in [0.5, 0.6) is 0 Å². The number of alkyl halides is 6. The van der Waals surface area contributed by atoms with Crippen molar-refractivity contribution in [2.24, 2.45) is 0 Å². The van der Waals surface area contributed by atoms with E-state index >= 15 is 0 Å². The van der Waals surface area contributed by atoms with Crippen LogP contribution < -0.4 is 0 Å². The molecule has 0 amide bonds. The van der Waals surface area contributed by atoms with Crippen LogP contribution >= 0.6 is 0 Å². The zero-order chi connectivity index (χ0) is 27.9. The van der Waals surface area contributed by atoms with E-state index in [4.69, 9.17) is 0 Å². The van der Waals surface area contributed by atoms with Crippen molar-refractivity contribution >= 4 is 0 Å². The molecule has 1 heterocycles. The van der Waals surface area contributed by atoms with Crippen molar-refractivity contribution in [1.29, 1.82) is 0 Å². The Morgan fingerprint density at radius 3 is 1.38 bits per heavy atom. The third-order valence-electron chi connectivity index (χ3n) is 7.51. The molecule has 0 aliphatic carbocycles. The highest BCUT2D eigenvalue weighted by Crippen LogP contribution is 2.51. The van der Waals surface area contributed by atoms with E-state index in [1.807, 2.05) is 91.0 Å². The smallest absolute Gasteiger partial charge is 0.369 e. The summed E-state index contributed by atoms with van der Waals surface area (Å²) in [6.45, 7) is 0.557. The first kappa shape index (κ1) is 27.0. The molecule has 5 rings (SSSR count). The number of fused-ring (bicyclic) bond motifs is 1. The summed E-state index contributed by atoms with van der Waals surface area (Å²) in [4.78, 5) is 2.08. The molecule has 0 radical (unpaired) electrons. The Balaban J connectivity index is 1.70. The van der Waals surface area contributed by atoms with E-state index in [0.717, 1.165) is 28.8 Å². The molecule has 0 atom stereocenters. The molecule has 1 aliphatic heterocycles. The Kier molecular flexibility index (Phi) is 6.81. The van der Waals surface area contributed by atoms with Gasteiger partial charge in [0.2, 0.25) is 0 Å². The van der Waals surface area contributed by atoms with Crippen LogP contribution in [0.2, 0.25) is 0 Å². The molecule has 0 saturated carbocycles. The van der Waals surface area contributed by atoms with Gasteiger partial charge in [-0.3, -0.25) is 4.90 Å². The molecule has 0 aromatic heterocycles. The minimum atomic E-state index is -5.95. The molecule has 0 spiro atoms. The molecule has 0 saturated heterocycles. The number of aliphatic hydroxyl groups is 1. The number of nitrogens with zero attached hydrogens (tertiary/aromatic N) is 1. The van der Waals surface area contributed by atoms with Crippen molar-refractivity contribution in [2.45, 2.75) is 36.5 Å². The van der Waals surface area contributed by atoms with Gasteiger partial charge in [-0.1, -0.05) is 109 Å². The van der Waals surface area contributed by atoms with Crippen LogP contribution in [0.4, 0.5) is 26.3 Å². The van der Waals surface area contributed by atoms with Gasteiger partial charge in [-0.05, 0) is 34.2 Å². The highest BCUT2D eigenvalue weighted by molar-refractivity contribution is 5.51. The summed E-state index contributed by atoms with van der Waals surface area (Å²) in [6, 6.07) is 31.7. The Bertz CT molecular complexity index is 1310. The van der Waals surface area contributed by atoms with Gasteiger partial charge in [0.05, 0.1) is 5.54 Å². The summed E-state index contributed by atoms with van der Waals surface area (Å²) >= 11 is 0. The minimum Gasteiger partial charge on any atom is -0.369 e. The third kappa shape index (κ3) is 4.41. The van der Waals surface area contributed by atoms with Crippen molar-refractivity contribution in [3.63, 3.8) is 0 Å². The van der Waals surface area contributed by atoms with Gasteiger partial charge >= 0.3 is 12.4 Å². The van der Waals surface area contributed by atoms with Crippen LogP contribution in [-0.2, 0) is 24.1 Å². The normalized spacial score (nSPS) is 15.2. The second-order valence-electron chi connectivity index (χ2n) is 9.67. The predicted octanol–water partition coefficient (Wildman–Crippen LogP) is 7.35. The second kappa shape index (κ2) is 9.84. The number of hydrogen-bond acceptors (Lipinski definition) is 2. The van der Waals surface area contributed by atoms with Crippen molar-refractivity contribution in [3.05, 3.63) is 143 Å². The molecule has 0 bridgehead atoms.